The normalized spacial score (nSPS) is 13.9. The number of aliphatic imine (C=N–C) groups is 1. The lowest BCUT2D eigenvalue weighted by Gasteiger charge is -2.20. The number of hydrogen-bond donors (Lipinski definition) is 0. The van der Waals surface area contributed by atoms with Crippen LogP contribution in [0.25, 0.3) is 0 Å². The molecule has 0 radical (unpaired) electrons. The standard InChI is InChI=1S/C29H35N3O5S/c1-20-14-25(36-5)15-21(2)28(20)38(34,35)32(4)18-26-16-24(19-37-26)29(33)31(3)17-22-9-11-23(12-10-22)27-8-6-7-13-30-27/h9-12,14-16,19H,6-8,13,17-18H2,1-5H3. The predicted molar refractivity (Wildman–Crippen MR) is 147 cm³/mol. The molecule has 0 spiro atoms. The highest BCUT2D eigenvalue weighted by atomic mass is 32.2. The fraction of sp³-hybridized carbons (Fsp3) is 0.379. The van der Waals surface area contributed by atoms with Crippen LogP contribution in [-0.4, -0.2) is 57.0 Å². The van der Waals surface area contributed by atoms with Gasteiger partial charge in [0, 0.05) is 32.9 Å². The molecule has 0 saturated carbocycles. The molecular weight excluding hydrogens is 502 g/mol. The van der Waals surface area contributed by atoms with E-state index in [9.17, 15) is 13.2 Å². The number of carbonyl (C=O) groups is 1. The van der Waals surface area contributed by atoms with Crippen molar-refractivity contribution in [1.29, 1.82) is 0 Å². The van der Waals surface area contributed by atoms with E-state index in [0.717, 1.165) is 36.2 Å². The number of carbonyl (C=O) groups excluding carboxylic acids is 1. The first-order valence-electron chi connectivity index (χ1n) is 12.7. The summed E-state index contributed by atoms with van der Waals surface area (Å²) in [6, 6.07) is 13.2. The van der Waals surface area contributed by atoms with E-state index >= 15 is 0 Å². The number of aryl methyl sites for hydroxylation is 2. The lowest BCUT2D eigenvalue weighted by Crippen LogP contribution is -2.28. The molecule has 2 aromatic carbocycles. The van der Waals surface area contributed by atoms with Crippen molar-refractivity contribution in [2.75, 3.05) is 27.7 Å². The quantitative estimate of drug-likeness (QED) is 0.384. The molecule has 0 saturated heterocycles. The van der Waals surface area contributed by atoms with E-state index in [0.29, 0.717) is 34.7 Å². The zero-order valence-electron chi connectivity index (χ0n) is 22.7. The summed E-state index contributed by atoms with van der Waals surface area (Å²) in [5.41, 5.74) is 4.89. The molecule has 202 valence electrons. The molecule has 4 rings (SSSR count). The fourth-order valence-corrected chi connectivity index (χ4v) is 6.31. The molecule has 1 amide bonds. The van der Waals surface area contributed by atoms with Gasteiger partial charge in [-0.15, -0.1) is 0 Å². The first-order chi connectivity index (χ1) is 18.1. The predicted octanol–water partition coefficient (Wildman–Crippen LogP) is 4.97. The zero-order chi connectivity index (χ0) is 27.4. The summed E-state index contributed by atoms with van der Waals surface area (Å²) in [6.07, 6.45) is 4.71. The van der Waals surface area contributed by atoms with Crippen molar-refractivity contribution in [3.63, 3.8) is 0 Å². The van der Waals surface area contributed by atoms with Crippen molar-refractivity contribution in [1.82, 2.24) is 9.21 Å². The van der Waals surface area contributed by atoms with Crippen molar-refractivity contribution in [3.05, 3.63) is 82.3 Å². The minimum absolute atomic E-state index is 0.00438. The van der Waals surface area contributed by atoms with Gasteiger partial charge in [-0.05, 0) is 73.6 Å². The Bertz CT molecular complexity index is 1420. The van der Waals surface area contributed by atoms with Gasteiger partial charge in [0.1, 0.15) is 17.8 Å². The molecule has 0 bridgehead atoms. The maximum atomic E-state index is 13.3. The Balaban J connectivity index is 1.41. The highest BCUT2D eigenvalue weighted by Gasteiger charge is 2.27. The Morgan fingerprint density at radius 1 is 1.03 bits per heavy atom. The van der Waals surface area contributed by atoms with E-state index in [1.807, 2.05) is 12.1 Å². The molecule has 38 heavy (non-hydrogen) atoms. The topological polar surface area (TPSA) is 92.4 Å². The molecule has 0 unspecified atom stereocenters. The molecule has 1 aromatic heterocycles. The molecule has 9 heteroatoms. The van der Waals surface area contributed by atoms with Crippen molar-refractivity contribution in [2.24, 2.45) is 4.99 Å². The van der Waals surface area contributed by atoms with E-state index < -0.39 is 10.0 Å². The molecule has 2 heterocycles. The van der Waals surface area contributed by atoms with Crippen LogP contribution in [0.15, 0.2) is 63.0 Å². The van der Waals surface area contributed by atoms with Crippen LogP contribution < -0.4 is 4.74 Å². The van der Waals surface area contributed by atoms with Crippen LogP contribution >= 0.6 is 0 Å². The number of furan rings is 1. The Hall–Kier alpha value is -3.43. The lowest BCUT2D eigenvalue weighted by atomic mass is 10.0. The molecule has 8 nitrogen and oxygen atoms in total. The van der Waals surface area contributed by atoms with Crippen LogP contribution in [0.1, 0.15) is 57.6 Å². The first-order valence-corrected chi connectivity index (χ1v) is 14.1. The molecule has 0 atom stereocenters. The number of benzene rings is 2. The van der Waals surface area contributed by atoms with E-state index in [2.05, 4.69) is 17.1 Å². The summed E-state index contributed by atoms with van der Waals surface area (Å²) >= 11 is 0. The summed E-state index contributed by atoms with van der Waals surface area (Å²) in [5, 5.41) is 0. The molecule has 0 fully saturated rings. The molecule has 3 aromatic rings. The Morgan fingerprint density at radius 3 is 2.32 bits per heavy atom. The van der Waals surface area contributed by atoms with Gasteiger partial charge in [0.25, 0.3) is 5.91 Å². The molecule has 1 aliphatic heterocycles. The minimum Gasteiger partial charge on any atom is -0.497 e. The van der Waals surface area contributed by atoms with Gasteiger partial charge in [-0.1, -0.05) is 24.3 Å². The van der Waals surface area contributed by atoms with Gasteiger partial charge < -0.3 is 14.1 Å². The monoisotopic (exact) mass is 537 g/mol. The number of methoxy groups -OCH3 is 1. The maximum Gasteiger partial charge on any atom is 0.257 e. The van der Waals surface area contributed by atoms with Gasteiger partial charge in [0.2, 0.25) is 10.0 Å². The lowest BCUT2D eigenvalue weighted by molar-refractivity contribution is 0.0784. The fourth-order valence-electron chi connectivity index (χ4n) is 4.77. The second-order valence-electron chi connectivity index (χ2n) is 9.80. The van der Waals surface area contributed by atoms with Gasteiger partial charge in [-0.25, -0.2) is 8.42 Å². The summed E-state index contributed by atoms with van der Waals surface area (Å²) in [6.45, 7) is 4.82. The Morgan fingerprint density at radius 2 is 1.71 bits per heavy atom. The third-order valence-corrected chi connectivity index (χ3v) is 8.90. The largest absolute Gasteiger partial charge is 0.497 e. The van der Waals surface area contributed by atoms with Crippen molar-refractivity contribution < 1.29 is 22.4 Å². The smallest absolute Gasteiger partial charge is 0.257 e. The van der Waals surface area contributed by atoms with Crippen LogP contribution in [0.5, 0.6) is 5.75 Å². The van der Waals surface area contributed by atoms with E-state index in [1.54, 1.807) is 51.1 Å². The summed E-state index contributed by atoms with van der Waals surface area (Å²) < 4.78 is 38.7. The van der Waals surface area contributed by atoms with E-state index in [4.69, 9.17) is 9.15 Å². The second kappa shape index (κ2) is 11.5. The van der Waals surface area contributed by atoms with Gasteiger partial charge in [0.05, 0.1) is 24.1 Å². The van der Waals surface area contributed by atoms with Crippen molar-refractivity contribution >= 4 is 21.6 Å². The highest BCUT2D eigenvalue weighted by Crippen LogP contribution is 2.28. The molecular formula is C29H35N3O5S. The number of ether oxygens (including phenoxy) is 1. The second-order valence-corrected chi connectivity index (χ2v) is 11.8. The third-order valence-electron chi connectivity index (χ3n) is 6.79. The maximum absolute atomic E-state index is 13.3. The van der Waals surface area contributed by atoms with Crippen molar-refractivity contribution in [2.45, 2.75) is 51.1 Å². The number of rotatable bonds is 9. The minimum atomic E-state index is -3.79. The summed E-state index contributed by atoms with van der Waals surface area (Å²) in [4.78, 5) is 19.5. The number of hydrogen-bond acceptors (Lipinski definition) is 6. The van der Waals surface area contributed by atoms with E-state index in [1.165, 1.54) is 24.0 Å². The van der Waals surface area contributed by atoms with Crippen molar-refractivity contribution in [3.8, 4) is 5.75 Å². The van der Waals surface area contributed by atoms with Crippen LogP contribution in [0.4, 0.5) is 0 Å². The van der Waals surface area contributed by atoms with Crippen LogP contribution in [-0.2, 0) is 23.1 Å². The average Bonchev–Trinajstić information content (AvgIpc) is 3.36. The third kappa shape index (κ3) is 6.00. The van der Waals surface area contributed by atoms with Gasteiger partial charge in [0.15, 0.2) is 0 Å². The van der Waals surface area contributed by atoms with Crippen LogP contribution in [0.3, 0.4) is 0 Å². The zero-order valence-corrected chi connectivity index (χ0v) is 23.5. The Kier molecular flexibility index (Phi) is 8.38. The molecule has 1 aliphatic rings. The first kappa shape index (κ1) is 27.6. The van der Waals surface area contributed by atoms with Gasteiger partial charge >= 0.3 is 0 Å². The SMILES string of the molecule is COc1cc(C)c(S(=O)(=O)N(C)Cc2cc(C(=O)N(C)Cc3ccc(C4=NCCCC4)cc3)co2)c(C)c1. The summed E-state index contributed by atoms with van der Waals surface area (Å²) in [7, 11) is 0.991. The van der Waals surface area contributed by atoms with Crippen LogP contribution in [0, 0.1) is 13.8 Å². The molecule has 0 N–H and O–H groups in total. The van der Waals surface area contributed by atoms with Gasteiger partial charge in [-0.3, -0.25) is 9.79 Å². The van der Waals surface area contributed by atoms with Crippen LogP contribution in [0.2, 0.25) is 0 Å². The average molecular weight is 538 g/mol. The highest BCUT2D eigenvalue weighted by molar-refractivity contribution is 7.89. The number of sulfonamides is 1. The van der Waals surface area contributed by atoms with Gasteiger partial charge in [-0.2, -0.15) is 4.31 Å². The summed E-state index contributed by atoms with van der Waals surface area (Å²) in [5.74, 6) is 0.789. The molecule has 0 aliphatic carbocycles. The number of nitrogens with zero attached hydrogens (tertiary/aromatic N) is 3. The Labute approximate surface area is 225 Å². The number of amides is 1. The van der Waals surface area contributed by atoms with E-state index in [-0.39, 0.29) is 17.3 Å².